The van der Waals surface area contributed by atoms with Crippen molar-refractivity contribution in [1.29, 1.82) is 0 Å². The largest absolute Gasteiger partial charge is 0.508 e. The van der Waals surface area contributed by atoms with Crippen LogP contribution in [0.25, 0.3) is 0 Å². The zero-order chi connectivity index (χ0) is 11.5. The van der Waals surface area contributed by atoms with Gasteiger partial charge in [0.1, 0.15) is 5.75 Å². The van der Waals surface area contributed by atoms with Crippen LogP contribution in [0.5, 0.6) is 5.75 Å². The number of nitrogens with zero attached hydrogens (tertiary/aromatic N) is 1. The summed E-state index contributed by atoms with van der Waals surface area (Å²) < 4.78 is 0. The molecule has 1 aromatic rings. The number of hydrogen-bond donors (Lipinski definition) is 1. The van der Waals surface area contributed by atoms with Crippen LogP contribution in [0.2, 0.25) is 0 Å². The van der Waals surface area contributed by atoms with Crippen LogP contribution in [0.3, 0.4) is 0 Å². The number of phenols is 1. The van der Waals surface area contributed by atoms with Crippen molar-refractivity contribution in [3.63, 3.8) is 0 Å². The second kappa shape index (κ2) is 9.02. The van der Waals surface area contributed by atoms with Gasteiger partial charge < -0.3 is 9.99 Å². The van der Waals surface area contributed by atoms with Crippen molar-refractivity contribution in [1.82, 2.24) is 0 Å². The first-order valence-electron chi connectivity index (χ1n) is 4.65. The maximum atomic E-state index is 8.92. The second-order valence-electron chi connectivity index (χ2n) is 2.65. The number of para-hydroxylation sites is 1. The molecule has 15 heavy (non-hydrogen) atoms. The fraction of sp³-hybridized carbons (Fsp3) is 0.364. The SMILES string of the molecule is CCOOC=NC.Cc1ccccc1O. The second-order valence-corrected chi connectivity index (χ2v) is 2.65. The van der Waals surface area contributed by atoms with E-state index in [0.29, 0.717) is 12.4 Å². The third kappa shape index (κ3) is 7.52. The molecule has 1 rings (SSSR count). The molecule has 0 saturated carbocycles. The molecule has 4 nitrogen and oxygen atoms in total. The van der Waals surface area contributed by atoms with Gasteiger partial charge in [-0.25, -0.2) is 0 Å². The highest BCUT2D eigenvalue weighted by molar-refractivity contribution is 5.44. The minimum atomic E-state index is 0.368. The van der Waals surface area contributed by atoms with E-state index >= 15 is 0 Å². The van der Waals surface area contributed by atoms with Crippen molar-refractivity contribution in [2.24, 2.45) is 4.99 Å². The van der Waals surface area contributed by atoms with Gasteiger partial charge in [0.15, 0.2) is 0 Å². The number of benzene rings is 1. The van der Waals surface area contributed by atoms with E-state index in [1.807, 2.05) is 32.0 Å². The molecule has 0 fully saturated rings. The van der Waals surface area contributed by atoms with E-state index in [1.54, 1.807) is 13.1 Å². The molecule has 84 valence electrons. The van der Waals surface area contributed by atoms with Gasteiger partial charge in [0, 0.05) is 7.05 Å². The molecule has 1 aromatic carbocycles. The fourth-order valence-electron chi connectivity index (χ4n) is 0.705. The van der Waals surface area contributed by atoms with E-state index in [2.05, 4.69) is 14.8 Å². The number of hydrogen-bond acceptors (Lipinski definition) is 4. The molecule has 0 aliphatic carbocycles. The van der Waals surface area contributed by atoms with Crippen molar-refractivity contribution >= 4 is 6.40 Å². The molecule has 0 radical (unpaired) electrons. The van der Waals surface area contributed by atoms with Gasteiger partial charge >= 0.3 is 0 Å². The first kappa shape index (κ1) is 13.4. The summed E-state index contributed by atoms with van der Waals surface area (Å²) in [7, 11) is 1.61. The first-order chi connectivity index (χ1) is 7.22. The number of aryl methyl sites for hydroxylation is 1. The molecule has 0 aromatic heterocycles. The van der Waals surface area contributed by atoms with Gasteiger partial charge in [-0.3, -0.25) is 4.99 Å². The Morgan fingerprint density at radius 2 is 2.07 bits per heavy atom. The Labute approximate surface area is 90.1 Å². The summed E-state index contributed by atoms with van der Waals surface area (Å²) in [6, 6.07) is 7.25. The van der Waals surface area contributed by atoms with Crippen LogP contribution in [0, 0.1) is 6.92 Å². The van der Waals surface area contributed by atoms with Crippen LogP contribution in [-0.2, 0) is 9.78 Å². The van der Waals surface area contributed by atoms with Crippen molar-refractivity contribution in [3.8, 4) is 5.75 Å². The molecular weight excluding hydrogens is 194 g/mol. The first-order valence-corrected chi connectivity index (χ1v) is 4.65. The maximum absolute atomic E-state index is 8.92. The third-order valence-electron chi connectivity index (χ3n) is 1.45. The van der Waals surface area contributed by atoms with E-state index in [0.717, 1.165) is 5.56 Å². The molecule has 0 amide bonds. The third-order valence-corrected chi connectivity index (χ3v) is 1.45. The number of aromatic hydroxyl groups is 1. The predicted molar refractivity (Wildman–Crippen MR) is 60.0 cm³/mol. The summed E-state index contributed by atoms with van der Waals surface area (Å²) in [5.74, 6) is 0.368. The highest BCUT2D eigenvalue weighted by Crippen LogP contribution is 2.12. The van der Waals surface area contributed by atoms with Crippen LogP contribution in [-0.4, -0.2) is 25.2 Å². The molecule has 0 spiro atoms. The lowest BCUT2D eigenvalue weighted by molar-refractivity contribution is -0.211. The Bertz CT molecular complexity index is 266. The summed E-state index contributed by atoms with van der Waals surface area (Å²) >= 11 is 0. The minimum Gasteiger partial charge on any atom is -0.508 e. The van der Waals surface area contributed by atoms with E-state index in [4.69, 9.17) is 5.11 Å². The van der Waals surface area contributed by atoms with Crippen LogP contribution < -0.4 is 0 Å². The van der Waals surface area contributed by atoms with Crippen molar-refractivity contribution in [2.75, 3.05) is 13.7 Å². The normalized spacial score (nSPS) is 9.53. The molecule has 0 atom stereocenters. The summed E-state index contributed by atoms with van der Waals surface area (Å²) in [6.45, 7) is 4.25. The molecule has 0 heterocycles. The smallest absolute Gasteiger partial charge is 0.214 e. The van der Waals surface area contributed by atoms with Gasteiger partial charge in [-0.1, -0.05) is 18.2 Å². The molecule has 0 unspecified atom stereocenters. The van der Waals surface area contributed by atoms with Gasteiger partial charge in [0.25, 0.3) is 0 Å². The molecule has 0 bridgehead atoms. The fourth-order valence-corrected chi connectivity index (χ4v) is 0.705. The van der Waals surface area contributed by atoms with E-state index in [9.17, 15) is 0 Å². The summed E-state index contributed by atoms with van der Waals surface area (Å²) in [5.41, 5.74) is 0.924. The molecule has 0 aliphatic rings. The summed E-state index contributed by atoms with van der Waals surface area (Å²) in [4.78, 5) is 12.3. The molecular formula is C11H17NO3. The topological polar surface area (TPSA) is 51.0 Å². The number of aliphatic imine (C=N–C) groups is 1. The Kier molecular flexibility index (Phi) is 8.09. The average molecular weight is 211 g/mol. The molecule has 0 saturated heterocycles. The Hall–Kier alpha value is -1.55. The quantitative estimate of drug-likeness (QED) is 0.274. The zero-order valence-electron chi connectivity index (χ0n) is 9.30. The molecule has 4 heteroatoms. The minimum absolute atomic E-state index is 0.368. The monoisotopic (exact) mass is 211 g/mol. The predicted octanol–water partition coefficient (Wildman–Crippen LogP) is 2.31. The van der Waals surface area contributed by atoms with Crippen molar-refractivity contribution < 1.29 is 14.9 Å². The van der Waals surface area contributed by atoms with Crippen LogP contribution >= 0.6 is 0 Å². The van der Waals surface area contributed by atoms with E-state index < -0.39 is 0 Å². The molecule has 0 aliphatic heterocycles. The lowest BCUT2D eigenvalue weighted by Gasteiger charge is -1.92. The van der Waals surface area contributed by atoms with Gasteiger partial charge in [0.05, 0.1) is 6.61 Å². The Morgan fingerprint density at radius 3 is 2.47 bits per heavy atom. The van der Waals surface area contributed by atoms with E-state index in [1.165, 1.54) is 6.40 Å². The summed E-state index contributed by atoms with van der Waals surface area (Å²) in [6.07, 6.45) is 1.24. The van der Waals surface area contributed by atoms with Crippen molar-refractivity contribution in [2.45, 2.75) is 13.8 Å². The van der Waals surface area contributed by atoms with Crippen LogP contribution in [0.1, 0.15) is 12.5 Å². The van der Waals surface area contributed by atoms with Gasteiger partial charge in [-0.2, -0.15) is 4.89 Å². The maximum Gasteiger partial charge on any atom is 0.214 e. The van der Waals surface area contributed by atoms with E-state index in [-0.39, 0.29) is 0 Å². The highest BCUT2D eigenvalue weighted by Gasteiger charge is 1.86. The average Bonchev–Trinajstić information content (AvgIpc) is 2.24. The zero-order valence-corrected chi connectivity index (χ0v) is 9.30. The van der Waals surface area contributed by atoms with Crippen LogP contribution in [0.4, 0.5) is 0 Å². The van der Waals surface area contributed by atoms with Crippen LogP contribution in [0.15, 0.2) is 29.3 Å². The Morgan fingerprint density at radius 1 is 1.40 bits per heavy atom. The number of phenolic OH excluding ortho intramolecular Hbond substituents is 1. The van der Waals surface area contributed by atoms with Gasteiger partial charge in [-0.05, 0) is 25.5 Å². The number of rotatable bonds is 3. The van der Waals surface area contributed by atoms with Gasteiger partial charge in [0.2, 0.25) is 6.40 Å². The van der Waals surface area contributed by atoms with Crippen molar-refractivity contribution in [3.05, 3.63) is 29.8 Å². The Balaban J connectivity index is 0.000000265. The van der Waals surface area contributed by atoms with Gasteiger partial charge in [-0.15, -0.1) is 0 Å². The standard InChI is InChI=1S/C7H8O.C4H9NO2/c1-6-4-2-3-5-7(6)8;1-3-6-7-4-5-2/h2-5,8H,1H3;4H,3H2,1-2H3. The lowest BCUT2D eigenvalue weighted by Crippen LogP contribution is -1.88. The highest BCUT2D eigenvalue weighted by atomic mass is 17.2. The lowest BCUT2D eigenvalue weighted by atomic mass is 10.2. The summed E-state index contributed by atoms with van der Waals surface area (Å²) in [5, 5.41) is 8.92. The molecule has 1 N–H and O–H groups in total.